The first-order valence-electron chi connectivity index (χ1n) is 8.88. The molecule has 0 saturated heterocycles. The highest BCUT2D eigenvalue weighted by Gasteiger charge is 2.23. The zero-order chi connectivity index (χ0) is 18.1. The van der Waals surface area contributed by atoms with Gasteiger partial charge in [0.25, 0.3) is 0 Å². The smallest absolute Gasteiger partial charge is 0.338 e. The molecule has 1 atom stereocenters. The van der Waals surface area contributed by atoms with Crippen LogP contribution < -0.4 is 9.47 Å². The normalized spacial score (nSPS) is 15.9. The number of carbonyl (C=O) groups excluding carboxylic acids is 2. The Hall–Kier alpha value is -2.82. The average molecular weight is 352 g/mol. The van der Waals surface area contributed by atoms with Crippen LogP contribution in [0, 0.1) is 0 Å². The topological polar surface area (TPSA) is 61.8 Å². The molecule has 2 aromatic rings. The molecule has 4 rings (SSSR count). The number of benzene rings is 2. The van der Waals surface area contributed by atoms with Crippen molar-refractivity contribution >= 4 is 11.8 Å². The Bertz CT molecular complexity index is 871. The maximum atomic E-state index is 12.6. The number of fused-ring (bicyclic) bond motifs is 2. The quantitative estimate of drug-likeness (QED) is 0.624. The molecule has 0 saturated carbocycles. The van der Waals surface area contributed by atoms with E-state index < -0.39 is 12.1 Å². The Balaban J connectivity index is 1.46. The Labute approximate surface area is 151 Å². The van der Waals surface area contributed by atoms with Gasteiger partial charge in [-0.1, -0.05) is 12.1 Å². The Morgan fingerprint density at radius 3 is 2.50 bits per heavy atom. The molecule has 1 aliphatic heterocycles. The van der Waals surface area contributed by atoms with Crippen LogP contribution in [-0.4, -0.2) is 31.1 Å². The molecule has 134 valence electrons. The number of hydrogen-bond acceptors (Lipinski definition) is 5. The summed E-state index contributed by atoms with van der Waals surface area (Å²) in [7, 11) is 0. The highest BCUT2D eigenvalue weighted by Crippen LogP contribution is 2.31. The number of hydrogen-bond donors (Lipinski definition) is 0. The number of Topliss-reactive ketones (excluding diaryl/α,β-unsaturated/α-hetero) is 1. The molecule has 0 spiro atoms. The monoisotopic (exact) mass is 352 g/mol. The summed E-state index contributed by atoms with van der Waals surface area (Å²) in [5.41, 5.74) is 3.46. The largest absolute Gasteiger partial charge is 0.486 e. The summed E-state index contributed by atoms with van der Waals surface area (Å²) >= 11 is 0. The van der Waals surface area contributed by atoms with Crippen molar-refractivity contribution in [3.63, 3.8) is 0 Å². The third-order valence-electron chi connectivity index (χ3n) is 4.81. The van der Waals surface area contributed by atoms with E-state index in [0.717, 1.165) is 19.3 Å². The molecule has 1 aliphatic carbocycles. The lowest BCUT2D eigenvalue weighted by atomic mass is 10.0. The number of ketones is 1. The van der Waals surface area contributed by atoms with Gasteiger partial charge in [0.15, 0.2) is 17.6 Å². The van der Waals surface area contributed by atoms with Crippen molar-refractivity contribution in [1.82, 2.24) is 0 Å². The van der Waals surface area contributed by atoms with Gasteiger partial charge in [-0.05, 0) is 61.6 Å². The van der Waals surface area contributed by atoms with Gasteiger partial charge in [0, 0.05) is 5.56 Å². The van der Waals surface area contributed by atoms with E-state index in [4.69, 9.17) is 14.2 Å². The van der Waals surface area contributed by atoms with Gasteiger partial charge in [-0.2, -0.15) is 0 Å². The fraction of sp³-hybridized carbons (Fsp3) is 0.333. The number of ether oxygens (including phenoxy) is 3. The SMILES string of the molecule is C[C@H](OC(=O)c1ccc2c(c1)OCCO2)C(=O)c1ccc2c(c1)CCC2. The Morgan fingerprint density at radius 1 is 0.923 bits per heavy atom. The summed E-state index contributed by atoms with van der Waals surface area (Å²) in [5.74, 6) is 0.382. The molecular formula is C21H20O5. The van der Waals surface area contributed by atoms with E-state index in [0.29, 0.717) is 35.8 Å². The van der Waals surface area contributed by atoms with Crippen LogP contribution in [0.5, 0.6) is 11.5 Å². The van der Waals surface area contributed by atoms with Gasteiger partial charge in [-0.3, -0.25) is 4.79 Å². The lowest BCUT2D eigenvalue weighted by Crippen LogP contribution is -2.24. The minimum atomic E-state index is -0.852. The summed E-state index contributed by atoms with van der Waals surface area (Å²) in [5, 5.41) is 0. The summed E-state index contributed by atoms with van der Waals surface area (Å²) in [6.07, 6.45) is 2.34. The highest BCUT2D eigenvalue weighted by atomic mass is 16.6. The van der Waals surface area contributed by atoms with E-state index in [2.05, 4.69) is 0 Å². The first kappa shape index (κ1) is 16.6. The van der Waals surface area contributed by atoms with E-state index in [1.165, 1.54) is 11.1 Å². The summed E-state index contributed by atoms with van der Waals surface area (Å²) in [4.78, 5) is 25.0. The number of carbonyl (C=O) groups is 2. The molecule has 0 radical (unpaired) electrons. The van der Waals surface area contributed by atoms with Crippen LogP contribution in [0.2, 0.25) is 0 Å². The van der Waals surface area contributed by atoms with Crippen molar-refractivity contribution in [2.45, 2.75) is 32.3 Å². The van der Waals surface area contributed by atoms with Crippen molar-refractivity contribution < 1.29 is 23.8 Å². The summed E-state index contributed by atoms with van der Waals surface area (Å²) < 4.78 is 16.3. The van der Waals surface area contributed by atoms with Crippen molar-refractivity contribution in [1.29, 1.82) is 0 Å². The van der Waals surface area contributed by atoms with Gasteiger partial charge in [-0.15, -0.1) is 0 Å². The molecule has 1 heterocycles. The van der Waals surface area contributed by atoms with Crippen LogP contribution >= 0.6 is 0 Å². The maximum Gasteiger partial charge on any atom is 0.338 e. The predicted octanol–water partition coefficient (Wildman–Crippen LogP) is 3.37. The van der Waals surface area contributed by atoms with Crippen molar-refractivity contribution in [3.8, 4) is 11.5 Å². The average Bonchev–Trinajstić information content (AvgIpc) is 3.14. The van der Waals surface area contributed by atoms with Gasteiger partial charge < -0.3 is 14.2 Å². The van der Waals surface area contributed by atoms with E-state index in [1.807, 2.05) is 18.2 Å². The van der Waals surface area contributed by atoms with Crippen LogP contribution in [-0.2, 0) is 17.6 Å². The summed E-state index contributed by atoms with van der Waals surface area (Å²) in [6.45, 7) is 2.54. The third kappa shape index (κ3) is 3.17. The molecule has 5 heteroatoms. The fourth-order valence-electron chi connectivity index (χ4n) is 3.41. The van der Waals surface area contributed by atoms with Gasteiger partial charge in [0.2, 0.25) is 5.78 Å². The van der Waals surface area contributed by atoms with E-state index in [-0.39, 0.29) is 5.78 Å². The lowest BCUT2D eigenvalue weighted by Gasteiger charge is -2.19. The van der Waals surface area contributed by atoms with Crippen LogP contribution in [0.15, 0.2) is 36.4 Å². The predicted molar refractivity (Wildman–Crippen MR) is 95.1 cm³/mol. The van der Waals surface area contributed by atoms with Crippen molar-refractivity contribution in [3.05, 3.63) is 58.7 Å². The minimum absolute atomic E-state index is 0.189. The number of rotatable bonds is 4. The van der Waals surface area contributed by atoms with E-state index >= 15 is 0 Å². The van der Waals surface area contributed by atoms with Crippen LogP contribution in [0.1, 0.15) is 45.2 Å². The highest BCUT2D eigenvalue weighted by molar-refractivity contribution is 6.01. The molecule has 0 aromatic heterocycles. The molecule has 0 N–H and O–H groups in total. The van der Waals surface area contributed by atoms with Gasteiger partial charge in [0.05, 0.1) is 5.56 Å². The summed E-state index contributed by atoms with van der Waals surface area (Å²) in [6, 6.07) is 10.6. The first-order chi connectivity index (χ1) is 12.6. The molecule has 5 nitrogen and oxygen atoms in total. The minimum Gasteiger partial charge on any atom is -0.486 e. The maximum absolute atomic E-state index is 12.6. The van der Waals surface area contributed by atoms with E-state index in [1.54, 1.807) is 25.1 Å². The Kier molecular flexibility index (Phi) is 4.37. The lowest BCUT2D eigenvalue weighted by molar-refractivity contribution is 0.0318. The van der Waals surface area contributed by atoms with Crippen LogP contribution in [0.4, 0.5) is 0 Å². The molecule has 2 aromatic carbocycles. The zero-order valence-electron chi connectivity index (χ0n) is 14.6. The molecule has 2 aliphatic rings. The molecule has 0 amide bonds. The van der Waals surface area contributed by atoms with Crippen LogP contribution in [0.3, 0.4) is 0 Å². The molecule has 0 bridgehead atoms. The van der Waals surface area contributed by atoms with Crippen molar-refractivity contribution in [2.75, 3.05) is 13.2 Å². The molecule has 0 fully saturated rings. The molecular weight excluding hydrogens is 332 g/mol. The number of aryl methyl sites for hydroxylation is 2. The molecule has 0 unspecified atom stereocenters. The second-order valence-electron chi connectivity index (χ2n) is 6.61. The zero-order valence-corrected chi connectivity index (χ0v) is 14.6. The van der Waals surface area contributed by atoms with E-state index in [9.17, 15) is 9.59 Å². The molecule has 26 heavy (non-hydrogen) atoms. The van der Waals surface area contributed by atoms with Gasteiger partial charge in [0.1, 0.15) is 13.2 Å². The van der Waals surface area contributed by atoms with Gasteiger partial charge >= 0.3 is 5.97 Å². The second-order valence-corrected chi connectivity index (χ2v) is 6.61. The van der Waals surface area contributed by atoms with Crippen molar-refractivity contribution in [2.24, 2.45) is 0 Å². The number of esters is 1. The first-order valence-corrected chi connectivity index (χ1v) is 8.88. The third-order valence-corrected chi connectivity index (χ3v) is 4.81. The fourth-order valence-corrected chi connectivity index (χ4v) is 3.41. The van der Waals surface area contributed by atoms with Gasteiger partial charge in [-0.25, -0.2) is 4.79 Å². The second kappa shape index (κ2) is 6.83. The Morgan fingerprint density at radius 2 is 1.65 bits per heavy atom. The van der Waals surface area contributed by atoms with Crippen LogP contribution in [0.25, 0.3) is 0 Å². The standard InChI is InChI=1S/C21H20O5/c1-13(20(22)16-6-5-14-3-2-4-15(14)11-16)26-21(23)17-7-8-18-19(12-17)25-10-9-24-18/h5-8,11-13H,2-4,9-10H2,1H3/t13-/m0/s1.